The molecule has 0 aliphatic heterocycles. The standard InChI is InChI=1S/C16H23N/c1-5-12(4)14-10-13-8-6-7-9-15(13)17-16(14)11(2)3/h6,8,10-12H,5,7,9H2,1-4H3. The van der Waals surface area contributed by atoms with E-state index in [1.165, 1.54) is 28.9 Å². The van der Waals surface area contributed by atoms with E-state index in [1.54, 1.807) is 0 Å². The Kier molecular flexibility index (Phi) is 3.66. The summed E-state index contributed by atoms with van der Waals surface area (Å²) < 4.78 is 0. The Hall–Kier alpha value is -1.11. The molecule has 0 bridgehead atoms. The number of aryl methyl sites for hydroxylation is 1. The third-order valence-electron chi connectivity index (χ3n) is 3.73. The third-order valence-corrected chi connectivity index (χ3v) is 3.73. The van der Waals surface area contributed by atoms with Gasteiger partial charge in [-0.2, -0.15) is 0 Å². The Morgan fingerprint density at radius 1 is 1.29 bits per heavy atom. The van der Waals surface area contributed by atoms with Crippen molar-refractivity contribution in [3.8, 4) is 0 Å². The van der Waals surface area contributed by atoms with Crippen LogP contribution in [0.1, 0.15) is 74.9 Å². The van der Waals surface area contributed by atoms with E-state index in [2.05, 4.69) is 45.9 Å². The van der Waals surface area contributed by atoms with Gasteiger partial charge < -0.3 is 0 Å². The van der Waals surface area contributed by atoms with Crippen LogP contribution in [0.2, 0.25) is 0 Å². The third kappa shape index (κ3) is 2.43. The highest BCUT2D eigenvalue weighted by Gasteiger charge is 2.17. The van der Waals surface area contributed by atoms with Crippen LogP contribution in [-0.4, -0.2) is 4.98 Å². The van der Waals surface area contributed by atoms with Gasteiger partial charge in [-0.05, 0) is 48.3 Å². The van der Waals surface area contributed by atoms with Crippen LogP contribution in [0.25, 0.3) is 6.08 Å². The Morgan fingerprint density at radius 3 is 2.71 bits per heavy atom. The van der Waals surface area contributed by atoms with Gasteiger partial charge in [0.15, 0.2) is 0 Å². The molecule has 1 heteroatoms. The van der Waals surface area contributed by atoms with Crippen molar-refractivity contribution in [2.45, 2.75) is 58.8 Å². The minimum atomic E-state index is 0.523. The summed E-state index contributed by atoms with van der Waals surface area (Å²) in [6.07, 6.45) is 7.93. The Balaban J connectivity index is 2.53. The van der Waals surface area contributed by atoms with E-state index in [0.717, 1.165) is 12.8 Å². The topological polar surface area (TPSA) is 12.9 Å². The number of rotatable bonds is 3. The zero-order valence-corrected chi connectivity index (χ0v) is 11.5. The highest BCUT2D eigenvalue weighted by molar-refractivity contribution is 5.56. The highest BCUT2D eigenvalue weighted by Crippen LogP contribution is 2.30. The molecule has 1 aliphatic carbocycles. The van der Waals surface area contributed by atoms with Gasteiger partial charge in [0.25, 0.3) is 0 Å². The maximum absolute atomic E-state index is 4.93. The lowest BCUT2D eigenvalue weighted by Gasteiger charge is -2.21. The van der Waals surface area contributed by atoms with Crippen molar-refractivity contribution in [3.63, 3.8) is 0 Å². The van der Waals surface area contributed by atoms with Gasteiger partial charge in [-0.1, -0.05) is 39.8 Å². The Morgan fingerprint density at radius 2 is 2.06 bits per heavy atom. The SMILES string of the molecule is CCC(C)c1cc2c(nc1C(C)C)CCC=C2. The first-order valence-electron chi connectivity index (χ1n) is 6.83. The van der Waals surface area contributed by atoms with Crippen molar-refractivity contribution < 1.29 is 0 Å². The minimum absolute atomic E-state index is 0.523. The molecule has 0 spiro atoms. The smallest absolute Gasteiger partial charge is 0.0482 e. The molecule has 0 radical (unpaired) electrons. The van der Waals surface area contributed by atoms with Gasteiger partial charge in [0.1, 0.15) is 0 Å². The van der Waals surface area contributed by atoms with Crippen LogP contribution in [0.5, 0.6) is 0 Å². The average Bonchev–Trinajstić information content (AvgIpc) is 2.36. The number of pyridine rings is 1. The van der Waals surface area contributed by atoms with E-state index >= 15 is 0 Å². The van der Waals surface area contributed by atoms with E-state index in [4.69, 9.17) is 4.98 Å². The minimum Gasteiger partial charge on any atom is -0.257 e. The predicted octanol–water partition coefficient (Wildman–Crippen LogP) is 4.68. The molecule has 1 nitrogen and oxygen atoms in total. The number of hydrogen-bond donors (Lipinski definition) is 0. The summed E-state index contributed by atoms with van der Waals surface area (Å²) in [6, 6.07) is 2.38. The van der Waals surface area contributed by atoms with Crippen molar-refractivity contribution in [2.75, 3.05) is 0 Å². The fourth-order valence-electron chi connectivity index (χ4n) is 2.45. The van der Waals surface area contributed by atoms with Crippen LogP contribution in [0.4, 0.5) is 0 Å². The van der Waals surface area contributed by atoms with E-state index in [-0.39, 0.29) is 0 Å². The lowest BCUT2D eigenvalue weighted by molar-refractivity contribution is 0.685. The van der Waals surface area contributed by atoms with E-state index in [1.807, 2.05) is 0 Å². The maximum atomic E-state index is 4.93. The summed E-state index contributed by atoms with van der Waals surface area (Å²) in [7, 11) is 0. The molecule has 0 saturated heterocycles. The molecule has 1 aromatic heterocycles. The van der Waals surface area contributed by atoms with E-state index in [9.17, 15) is 0 Å². The average molecular weight is 229 g/mol. The Bertz CT molecular complexity index is 429. The molecule has 1 aliphatic rings. The van der Waals surface area contributed by atoms with Crippen LogP contribution in [0, 0.1) is 0 Å². The first kappa shape index (κ1) is 12.3. The van der Waals surface area contributed by atoms with Crippen molar-refractivity contribution in [2.24, 2.45) is 0 Å². The maximum Gasteiger partial charge on any atom is 0.0482 e. The van der Waals surface area contributed by atoms with Crippen molar-refractivity contribution in [3.05, 3.63) is 34.7 Å². The highest BCUT2D eigenvalue weighted by atomic mass is 14.7. The quantitative estimate of drug-likeness (QED) is 0.733. The lowest BCUT2D eigenvalue weighted by atomic mass is 9.89. The predicted molar refractivity (Wildman–Crippen MR) is 74.4 cm³/mol. The zero-order valence-electron chi connectivity index (χ0n) is 11.5. The number of aromatic nitrogens is 1. The summed E-state index contributed by atoms with van der Waals surface area (Å²) in [4.78, 5) is 4.93. The lowest BCUT2D eigenvalue weighted by Crippen LogP contribution is -2.09. The summed E-state index contributed by atoms with van der Waals surface area (Å²) in [5.74, 6) is 1.13. The van der Waals surface area contributed by atoms with Crippen LogP contribution in [-0.2, 0) is 6.42 Å². The fraction of sp³-hybridized carbons (Fsp3) is 0.562. The van der Waals surface area contributed by atoms with Crippen molar-refractivity contribution in [1.29, 1.82) is 0 Å². The molecule has 0 saturated carbocycles. The van der Waals surface area contributed by atoms with Crippen LogP contribution in [0.3, 0.4) is 0 Å². The van der Waals surface area contributed by atoms with Gasteiger partial charge >= 0.3 is 0 Å². The van der Waals surface area contributed by atoms with Gasteiger partial charge in [0.2, 0.25) is 0 Å². The second-order valence-electron chi connectivity index (χ2n) is 5.40. The molecule has 0 aromatic carbocycles. The van der Waals surface area contributed by atoms with Gasteiger partial charge in [0.05, 0.1) is 0 Å². The monoisotopic (exact) mass is 229 g/mol. The van der Waals surface area contributed by atoms with Crippen molar-refractivity contribution >= 4 is 6.08 Å². The second kappa shape index (κ2) is 5.03. The van der Waals surface area contributed by atoms with Crippen molar-refractivity contribution in [1.82, 2.24) is 4.98 Å². The Labute approximate surface area is 105 Å². The summed E-state index contributed by atoms with van der Waals surface area (Å²) >= 11 is 0. The molecule has 1 heterocycles. The molecule has 17 heavy (non-hydrogen) atoms. The second-order valence-corrected chi connectivity index (χ2v) is 5.40. The molecule has 92 valence electrons. The summed E-state index contributed by atoms with van der Waals surface area (Å²) in [6.45, 7) is 9.06. The molecule has 1 aromatic rings. The van der Waals surface area contributed by atoms with Gasteiger partial charge in [0, 0.05) is 11.4 Å². The number of nitrogens with zero attached hydrogens (tertiary/aromatic N) is 1. The van der Waals surface area contributed by atoms with Crippen LogP contribution in [0.15, 0.2) is 12.1 Å². The fourth-order valence-corrected chi connectivity index (χ4v) is 2.45. The van der Waals surface area contributed by atoms with Gasteiger partial charge in [-0.25, -0.2) is 0 Å². The largest absolute Gasteiger partial charge is 0.257 e. The van der Waals surface area contributed by atoms with Gasteiger partial charge in [-0.15, -0.1) is 0 Å². The molecule has 2 rings (SSSR count). The summed E-state index contributed by atoms with van der Waals surface area (Å²) in [5.41, 5.74) is 5.40. The zero-order chi connectivity index (χ0) is 12.4. The van der Waals surface area contributed by atoms with Gasteiger partial charge in [-0.3, -0.25) is 4.98 Å². The van der Waals surface area contributed by atoms with E-state index < -0.39 is 0 Å². The first-order chi connectivity index (χ1) is 8.13. The molecule has 1 unspecified atom stereocenters. The molecule has 1 atom stereocenters. The molecular formula is C16H23N. The van der Waals surface area contributed by atoms with Crippen LogP contribution < -0.4 is 0 Å². The molecule has 0 fully saturated rings. The van der Waals surface area contributed by atoms with E-state index in [0.29, 0.717) is 11.8 Å². The van der Waals surface area contributed by atoms with Crippen LogP contribution >= 0.6 is 0 Å². The number of fused-ring (bicyclic) bond motifs is 1. The molecule has 0 N–H and O–H groups in total. The number of allylic oxidation sites excluding steroid dienone is 1. The normalized spacial score (nSPS) is 16.1. The molecule has 0 amide bonds. The first-order valence-corrected chi connectivity index (χ1v) is 6.83. The summed E-state index contributed by atoms with van der Waals surface area (Å²) in [5, 5.41) is 0. The molecular weight excluding hydrogens is 206 g/mol. The number of hydrogen-bond acceptors (Lipinski definition) is 1.